The van der Waals surface area contributed by atoms with Gasteiger partial charge in [-0.25, -0.2) is 5.01 Å². The second-order valence-electron chi connectivity index (χ2n) is 6.91. The van der Waals surface area contributed by atoms with Gasteiger partial charge in [0.1, 0.15) is 12.3 Å². The van der Waals surface area contributed by atoms with Gasteiger partial charge in [-0.15, -0.1) is 0 Å². The maximum Gasteiger partial charge on any atom is 0.254 e. The Bertz CT molecular complexity index is 990. The summed E-state index contributed by atoms with van der Waals surface area (Å²) in [7, 11) is 1.54. The fourth-order valence-corrected chi connectivity index (χ4v) is 3.12. The van der Waals surface area contributed by atoms with E-state index >= 15 is 0 Å². The molecule has 162 valence electrons. The molecular weight excluding hydrogens is 400 g/mol. The Labute approximate surface area is 179 Å². The van der Waals surface area contributed by atoms with Crippen molar-refractivity contribution in [3.05, 3.63) is 54.1 Å². The van der Waals surface area contributed by atoms with Crippen molar-refractivity contribution in [2.75, 3.05) is 30.5 Å². The van der Waals surface area contributed by atoms with Crippen LogP contribution in [-0.4, -0.2) is 48.7 Å². The molecule has 31 heavy (non-hydrogen) atoms. The fourth-order valence-electron chi connectivity index (χ4n) is 3.12. The van der Waals surface area contributed by atoms with Gasteiger partial charge in [-0.3, -0.25) is 24.6 Å². The molecular formula is C22H24N4O5. The largest absolute Gasteiger partial charge is 0.497 e. The summed E-state index contributed by atoms with van der Waals surface area (Å²) in [5, 5.41) is 3.93. The van der Waals surface area contributed by atoms with Gasteiger partial charge in [0.25, 0.3) is 5.91 Å². The van der Waals surface area contributed by atoms with E-state index in [1.165, 1.54) is 9.91 Å². The van der Waals surface area contributed by atoms with E-state index in [-0.39, 0.29) is 43.0 Å². The zero-order valence-corrected chi connectivity index (χ0v) is 17.4. The molecule has 0 spiro atoms. The lowest BCUT2D eigenvalue weighted by Gasteiger charge is -2.27. The molecule has 0 bridgehead atoms. The van der Waals surface area contributed by atoms with Crippen LogP contribution >= 0.6 is 0 Å². The number of carbonyl (C=O) groups is 4. The van der Waals surface area contributed by atoms with Gasteiger partial charge in [-0.05, 0) is 43.3 Å². The number of hydrogen-bond acceptors (Lipinski definition) is 5. The quantitative estimate of drug-likeness (QED) is 0.706. The molecule has 0 aliphatic carbocycles. The molecule has 0 radical (unpaired) electrons. The van der Waals surface area contributed by atoms with Gasteiger partial charge in [0.15, 0.2) is 0 Å². The summed E-state index contributed by atoms with van der Waals surface area (Å²) in [5.41, 5.74) is 3.92. The van der Waals surface area contributed by atoms with Crippen LogP contribution in [0.1, 0.15) is 30.1 Å². The summed E-state index contributed by atoms with van der Waals surface area (Å²) in [6, 6.07) is 13.2. The molecule has 1 aliphatic rings. The number of nitrogens with zero attached hydrogens (tertiary/aromatic N) is 2. The second-order valence-corrected chi connectivity index (χ2v) is 6.91. The number of hydrogen-bond donors (Lipinski definition) is 2. The first kappa shape index (κ1) is 21.8. The number of methoxy groups -OCH3 is 1. The molecule has 2 aromatic rings. The Morgan fingerprint density at radius 2 is 1.87 bits per heavy atom. The van der Waals surface area contributed by atoms with Crippen LogP contribution in [0.3, 0.4) is 0 Å². The van der Waals surface area contributed by atoms with Crippen molar-refractivity contribution in [1.29, 1.82) is 0 Å². The molecule has 0 saturated carbocycles. The number of carbonyl (C=O) groups excluding carboxylic acids is 4. The normalized spacial score (nSPS) is 13.4. The van der Waals surface area contributed by atoms with Crippen LogP contribution in [0.2, 0.25) is 0 Å². The molecule has 2 aromatic carbocycles. The van der Waals surface area contributed by atoms with Gasteiger partial charge in [0.2, 0.25) is 17.7 Å². The van der Waals surface area contributed by atoms with Gasteiger partial charge in [-0.1, -0.05) is 6.07 Å². The molecule has 0 unspecified atom stereocenters. The Kier molecular flexibility index (Phi) is 6.86. The Morgan fingerprint density at radius 1 is 1.13 bits per heavy atom. The number of amides is 4. The highest BCUT2D eigenvalue weighted by molar-refractivity contribution is 6.02. The van der Waals surface area contributed by atoms with Crippen LogP contribution in [0, 0.1) is 0 Å². The standard InChI is InChI=1S/C22H24N4O5/c1-3-25(14-20(28)23-16-5-4-6-18(13-16)31-2)22(30)15-7-9-17(10-8-15)26-21(29)12-11-19(27)24-26/h4-10,13H,3,11-12,14H2,1-2H3,(H,23,28)(H,24,27). The minimum Gasteiger partial charge on any atom is -0.497 e. The Morgan fingerprint density at radius 3 is 2.55 bits per heavy atom. The highest BCUT2D eigenvalue weighted by atomic mass is 16.5. The molecule has 1 fully saturated rings. The first-order valence-corrected chi connectivity index (χ1v) is 9.87. The number of rotatable bonds is 7. The lowest BCUT2D eigenvalue weighted by molar-refractivity contribution is -0.130. The van der Waals surface area contributed by atoms with Gasteiger partial charge in [0, 0.05) is 36.7 Å². The third-order valence-corrected chi connectivity index (χ3v) is 4.78. The van der Waals surface area contributed by atoms with E-state index < -0.39 is 0 Å². The predicted octanol–water partition coefficient (Wildman–Crippen LogP) is 1.95. The number of likely N-dealkylation sites (N-methyl/N-ethyl adjacent to an activating group) is 1. The molecule has 1 saturated heterocycles. The number of anilines is 2. The maximum absolute atomic E-state index is 12.8. The van der Waals surface area contributed by atoms with Crippen molar-refractivity contribution in [3.8, 4) is 5.75 Å². The molecule has 9 heteroatoms. The summed E-state index contributed by atoms with van der Waals surface area (Å²) >= 11 is 0. The summed E-state index contributed by atoms with van der Waals surface area (Å²) < 4.78 is 5.14. The molecule has 3 rings (SSSR count). The van der Waals surface area contributed by atoms with Crippen LogP contribution in [0.5, 0.6) is 5.75 Å². The smallest absolute Gasteiger partial charge is 0.254 e. The van der Waals surface area contributed by atoms with Crippen molar-refractivity contribution in [2.45, 2.75) is 19.8 Å². The maximum atomic E-state index is 12.8. The minimum absolute atomic E-state index is 0.116. The summed E-state index contributed by atoms with van der Waals surface area (Å²) in [5.74, 6) is -0.489. The fraction of sp³-hybridized carbons (Fsp3) is 0.273. The predicted molar refractivity (Wildman–Crippen MR) is 115 cm³/mol. The van der Waals surface area contributed by atoms with E-state index in [4.69, 9.17) is 4.74 Å². The van der Waals surface area contributed by atoms with Gasteiger partial charge in [-0.2, -0.15) is 0 Å². The third-order valence-electron chi connectivity index (χ3n) is 4.78. The number of benzene rings is 2. The van der Waals surface area contributed by atoms with E-state index in [2.05, 4.69) is 10.7 Å². The van der Waals surface area contributed by atoms with Crippen molar-refractivity contribution in [2.24, 2.45) is 0 Å². The Hall–Kier alpha value is -3.88. The van der Waals surface area contributed by atoms with Crippen molar-refractivity contribution in [1.82, 2.24) is 10.3 Å². The van der Waals surface area contributed by atoms with Gasteiger partial charge < -0.3 is 15.0 Å². The molecule has 1 aliphatic heterocycles. The van der Waals surface area contributed by atoms with Crippen LogP contribution < -0.4 is 20.5 Å². The van der Waals surface area contributed by atoms with Gasteiger partial charge >= 0.3 is 0 Å². The number of hydrazine groups is 1. The highest BCUT2D eigenvalue weighted by Gasteiger charge is 2.25. The molecule has 2 N–H and O–H groups in total. The van der Waals surface area contributed by atoms with Crippen LogP contribution in [0.15, 0.2) is 48.5 Å². The summed E-state index contributed by atoms with van der Waals surface area (Å²) in [6.07, 6.45) is 0.299. The minimum atomic E-state index is -0.332. The highest BCUT2D eigenvalue weighted by Crippen LogP contribution is 2.19. The monoisotopic (exact) mass is 424 g/mol. The first-order chi connectivity index (χ1) is 14.9. The Balaban J connectivity index is 1.65. The summed E-state index contributed by atoms with van der Waals surface area (Å²) in [6.45, 7) is 2.01. The number of nitrogens with one attached hydrogen (secondary N) is 2. The lowest BCUT2D eigenvalue weighted by atomic mass is 10.1. The zero-order chi connectivity index (χ0) is 22.4. The zero-order valence-electron chi connectivity index (χ0n) is 17.4. The van der Waals surface area contributed by atoms with Crippen LogP contribution in [0.25, 0.3) is 0 Å². The molecule has 1 heterocycles. The SMILES string of the molecule is CCN(CC(=O)Nc1cccc(OC)c1)C(=O)c1ccc(N2NC(=O)CCC2=O)cc1. The van der Waals surface area contributed by atoms with Crippen molar-refractivity contribution < 1.29 is 23.9 Å². The van der Waals surface area contributed by atoms with Crippen LogP contribution in [-0.2, 0) is 14.4 Å². The first-order valence-electron chi connectivity index (χ1n) is 9.87. The van der Waals surface area contributed by atoms with Crippen molar-refractivity contribution >= 4 is 35.0 Å². The molecule has 9 nitrogen and oxygen atoms in total. The average Bonchev–Trinajstić information content (AvgIpc) is 2.79. The summed E-state index contributed by atoms with van der Waals surface area (Å²) in [4.78, 5) is 50.2. The van der Waals surface area contributed by atoms with E-state index in [0.29, 0.717) is 29.2 Å². The topological polar surface area (TPSA) is 108 Å². The average molecular weight is 424 g/mol. The van der Waals surface area contributed by atoms with E-state index in [1.54, 1.807) is 62.6 Å². The molecule has 4 amide bonds. The number of ether oxygens (including phenoxy) is 1. The second kappa shape index (κ2) is 9.75. The lowest BCUT2D eigenvalue weighted by Crippen LogP contribution is -2.50. The van der Waals surface area contributed by atoms with E-state index in [1.807, 2.05) is 0 Å². The van der Waals surface area contributed by atoms with E-state index in [0.717, 1.165) is 0 Å². The molecule has 0 aromatic heterocycles. The third kappa shape index (κ3) is 5.39. The van der Waals surface area contributed by atoms with Crippen molar-refractivity contribution in [3.63, 3.8) is 0 Å². The molecule has 0 atom stereocenters. The van der Waals surface area contributed by atoms with E-state index in [9.17, 15) is 19.2 Å². The van der Waals surface area contributed by atoms with Crippen LogP contribution in [0.4, 0.5) is 11.4 Å². The van der Waals surface area contributed by atoms with Gasteiger partial charge in [0.05, 0.1) is 12.8 Å².